The van der Waals surface area contributed by atoms with Gasteiger partial charge in [-0.1, -0.05) is 6.07 Å². The fourth-order valence-electron chi connectivity index (χ4n) is 2.11. The van der Waals surface area contributed by atoms with Gasteiger partial charge in [0.1, 0.15) is 5.82 Å². The summed E-state index contributed by atoms with van der Waals surface area (Å²) in [5, 5.41) is 8.18. The lowest BCUT2D eigenvalue weighted by Gasteiger charge is -2.05. The molecule has 1 N–H and O–H groups in total. The Bertz CT molecular complexity index is 771. The third-order valence-corrected chi connectivity index (χ3v) is 3.21. The Labute approximate surface area is 116 Å². The topological polar surface area (TPSA) is 64.7 Å². The maximum Gasteiger partial charge on any atom is 0.251 e. The summed E-state index contributed by atoms with van der Waals surface area (Å²) in [6, 6.07) is 5.50. The van der Waals surface area contributed by atoms with Gasteiger partial charge in [-0.15, -0.1) is 0 Å². The number of aryl methyl sites for hydroxylation is 2. The molecule has 102 valence electrons. The van der Waals surface area contributed by atoms with Crippen molar-refractivity contribution >= 4 is 16.8 Å². The third kappa shape index (κ3) is 2.27. The molecule has 2 heterocycles. The van der Waals surface area contributed by atoms with Crippen molar-refractivity contribution in [2.24, 2.45) is 14.1 Å². The third-order valence-electron chi connectivity index (χ3n) is 3.21. The summed E-state index contributed by atoms with van der Waals surface area (Å²) < 4.78 is 3.61. The zero-order valence-electron chi connectivity index (χ0n) is 11.4. The molecule has 3 rings (SSSR count). The summed E-state index contributed by atoms with van der Waals surface area (Å²) in [5.74, 6) is 0.692. The van der Waals surface area contributed by atoms with Crippen molar-refractivity contribution in [2.75, 3.05) is 0 Å². The second-order valence-electron chi connectivity index (χ2n) is 4.71. The minimum atomic E-state index is -0.124. The van der Waals surface area contributed by atoms with Gasteiger partial charge in [0, 0.05) is 43.6 Å². The summed E-state index contributed by atoms with van der Waals surface area (Å²) in [6.07, 6.45) is 5.48. The van der Waals surface area contributed by atoms with Gasteiger partial charge in [-0.3, -0.25) is 9.48 Å². The van der Waals surface area contributed by atoms with Crippen LogP contribution in [0.5, 0.6) is 0 Å². The van der Waals surface area contributed by atoms with Gasteiger partial charge < -0.3 is 9.88 Å². The van der Waals surface area contributed by atoms with E-state index in [0.717, 1.165) is 16.7 Å². The van der Waals surface area contributed by atoms with Gasteiger partial charge in [0.15, 0.2) is 0 Å². The number of hydrogen-bond acceptors (Lipinski definition) is 3. The molecule has 0 saturated carbocycles. The van der Waals surface area contributed by atoms with Crippen LogP contribution >= 0.6 is 0 Å². The molecule has 2 aromatic heterocycles. The Morgan fingerprint density at radius 2 is 2.20 bits per heavy atom. The molecule has 0 bridgehead atoms. The highest BCUT2D eigenvalue weighted by Gasteiger charge is 2.09. The highest BCUT2D eigenvalue weighted by atomic mass is 16.1. The molecule has 3 aromatic rings. The highest BCUT2D eigenvalue weighted by molar-refractivity contribution is 5.97. The van der Waals surface area contributed by atoms with Gasteiger partial charge in [0.05, 0.1) is 12.1 Å². The van der Waals surface area contributed by atoms with Crippen LogP contribution in [0.25, 0.3) is 10.9 Å². The number of carbonyl (C=O) groups excluding carboxylic acids is 1. The van der Waals surface area contributed by atoms with Gasteiger partial charge in [0.2, 0.25) is 0 Å². The fourth-order valence-corrected chi connectivity index (χ4v) is 2.11. The summed E-state index contributed by atoms with van der Waals surface area (Å²) in [7, 11) is 3.76. The van der Waals surface area contributed by atoms with E-state index in [-0.39, 0.29) is 5.91 Å². The van der Waals surface area contributed by atoms with Crippen LogP contribution in [-0.2, 0) is 20.6 Å². The van der Waals surface area contributed by atoms with Crippen LogP contribution in [0.1, 0.15) is 16.2 Å². The molecule has 0 radical (unpaired) electrons. The number of fused-ring (bicyclic) bond motifs is 1. The molecule has 0 aliphatic carbocycles. The largest absolute Gasteiger partial charge is 0.345 e. The van der Waals surface area contributed by atoms with Gasteiger partial charge in [-0.25, -0.2) is 4.98 Å². The van der Waals surface area contributed by atoms with Crippen LogP contribution in [0.4, 0.5) is 0 Å². The number of nitrogens with zero attached hydrogens (tertiary/aromatic N) is 4. The number of imidazole rings is 1. The Kier molecular flexibility index (Phi) is 2.98. The SMILES string of the molecule is Cn1cc2ccc(C(=O)NCc3nccn3C)cc2n1. The summed E-state index contributed by atoms with van der Waals surface area (Å²) in [6.45, 7) is 0.405. The van der Waals surface area contributed by atoms with Gasteiger partial charge >= 0.3 is 0 Å². The Hall–Kier alpha value is -2.63. The maximum atomic E-state index is 12.1. The van der Waals surface area contributed by atoms with E-state index in [1.165, 1.54) is 0 Å². The molecule has 0 saturated heterocycles. The smallest absolute Gasteiger partial charge is 0.251 e. The number of carbonyl (C=O) groups is 1. The zero-order valence-corrected chi connectivity index (χ0v) is 11.4. The van der Waals surface area contributed by atoms with Crippen molar-refractivity contribution in [3.05, 3.63) is 48.2 Å². The number of nitrogens with one attached hydrogen (secondary N) is 1. The van der Waals surface area contributed by atoms with E-state index in [4.69, 9.17) is 0 Å². The van der Waals surface area contributed by atoms with Crippen LogP contribution in [0.3, 0.4) is 0 Å². The first-order valence-electron chi connectivity index (χ1n) is 6.31. The van der Waals surface area contributed by atoms with E-state index >= 15 is 0 Å². The average molecular weight is 269 g/mol. The van der Waals surface area contributed by atoms with E-state index in [9.17, 15) is 4.79 Å². The van der Waals surface area contributed by atoms with Crippen molar-refractivity contribution in [3.63, 3.8) is 0 Å². The minimum Gasteiger partial charge on any atom is -0.345 e. The molecule has 6 nitrogen and oxygen atoms in total. The predicted molar refractivity (Wildman–Crippen MR) is 75.1 cm³/mol. The Morgan fingerprint density at radius 3 is 2.95 bits per heavy atom. The van der Waals surface area contributed by atoms with Gasteiger partial charge in [0.25, 0.3) is 5.91 Å². The van der Waals surface area contributed by atoms with Crippen LogP contribution in [0.2, 0.25) is 0 Å². The van der Waals surface area contributed by atoms with E-state index < -0.39 is 0 Å². The fraction of sp³-hybridized carbons (Fsp3) is 0.214. The second-order valence-corrected chi connectivity index (χ2v) is 4.71. The number of amides is 1. The van der Waals surface area contributed by atoms with E-state index in [0.29, 0.717) is 12.1 Å². The summed E-state index contributed by atoms with van der Waals surface area (Å²) >= 11 is 0. The van der Waals surface area contributed by atoms with Crippen molar-refractivity contribution in [1.29, 1.82) is 0 Å². The first-order valence-corrected chi connectivity index (χ1v) is 6.31. The van der Waals surface area contributed by atoms with Crippen LogP contribution in [0, 0.1) is 0 Å². The molecule has 0 unspecified atom stereocenters. The first kappa shape index (κ1) is 12.4. The monoisotopic (exact) mass is 269 g/mol. The van der Waals surface area contributed by atoms with Gasteiger partial charge in [-0.2, -0.15) is 5.10 Å². The predicted octanol–water partition coefficient (Wildman–Crippen LogP) is 1.24. The van der Waals surface area contributed by atoms with E-state index in [1.54, 1.807) is 23.0 Å². The number of aromatic nitrogens is 4. The number of hydrogen-bond donors (Lipinski definition) is 1. The van der Waals surface area contributed by atoms with Crippen LogP contribution in [-0.4, -0.2) is 25.2 Å². The molecule has 6 heteroatoms. The van der Waals surface area contributed by atoms with Crippen LogP contribution < -0.4 is 5.32 Å². The number of rotatable bonds is 3. The standard InChI is InChI=1S/C14H15N5O/c1-18-6-5-15-13(18)8-16-14(20)10-3-4-11-9-19(2)17-12(11)7-10/h3-7,9H,8H2,1-2H3,(H,16,20). The van der Waals surface area contributed by atoms with E-state index in [2.05, 4.69) is 15.4 Å². The minimum absolute atomic E-state index is 0.124. The van der Waals surface area contributed by atoms with Crippen molar-refractivity contribution < 1.29 is 4.79 Å². The quantitative estimate of drug-likeness (QED) is 0.778. The molecule has 0 fully saturated rings. The molecular weight excluding hydrogens is 254 g/mol. The van der Waals surface area contributed by atoms with Gasteiger partial charge in [-0.05, 0) is 12.1 Å². The summed E-state index contributed by atoms with van der Waals surface area (Å²) in [5.41, 5.74) is 1.42. The maximum absolute atomic E-state index is 12.1. The molecule has 0 aliphatic heterocycles. The average Bonchev–Trinajstić information content (AvgIpc) is 2.99. The second kappa shape index (κ2) is 4.80. The van der Waals surface area contributed by atoms with Crippen LogP contribution in [0.15, 0.2) is 36.8 Å². The molecule has 0 spiro atoms. The lowest BCUT2D eigenvalue weighted by Crippen LogP contribution is -2.24. The highest BCUT2D eigenvalue weighted by Crippen LogP contribution is 2.14. The Balaban J connectivity index is 1.76. The van der Waals surface area contributed by atoms with Crippen molar-refractivity contribution in [1.82, 2.24) is 24.6 Å². The molecule has 0 aliphatic rings. The molecule has 1 amide bonds. The molecule has 1 aromatic carbocycles. The normalized spacial score (nSPS) is 10.9. The zero-order chi connectivity index (χ0) is 14.1. The molecule has 0 atom stereocenters. The van der Waals surface area contributed by atoms with E-state index in [1.807, 2.05) is 37.1 Å². The lowest BCUT2D eigenvalue weighted by molar-refractivity contribution is 0.0949. The molecule has 20 heavy (non-hydrogen) atoms. The molecular formula is C14H15N5O. The lowest BCUT2D eigenvalue weighted by atomic mass is 10.1. The Morgan fingerprint density at radius 1 is 1.35 bits per heavy atom. The van der Waals surface area contributed by atoms with Crippen molar-refractivity contribution in [3.8, 4) is 0 Å². The summed E-state index contributed by atoms with van der Waals surface area (Å²) in [4.78, 5) is 16.3. The number of benzene rings is 1. The first-order chi connectivity index (χ1) is 9.63. The van der Waals surface area contributed by atoms with Crippen molar-refractivity contribution in [2.45, 2.75) is 6.54 Å².